The number of hydrogen-bond acceptors (Lipinski definition) is 6. The van der Waals surface area contributed by atoms with Crippen LogP contribution in [0.3, 0.4) is 0 Å². The summed E-state index contributed by atoms with van der Waals surface area (Å²) >= 11 is 0. The van der Waals surface area contributed by atoms with Crippen LogP contribution in [0.4, 0.5) is 0 Å². The quantitative estimate of drug-likeness (QED) is 0.393. The summed E-state index contributed by atoms with van der Waals surface area (Å²) in [5, 5.41) is 0. The van der Waals surface area contributed by atoms with Gasteiger partial charge in [0.05, 0.1) is 0 Å². The first-order chi connectivity index (χ1) is 13.9. The second-order valence-electron chi connectivity index (χ2n) is 5.96. The van der Waals surface area contributed by atoms with Gasteiger partial charge in [-0.05, 0) is 36.3 Å². The van der Waals surface area contributed by atoms with Gasteiger partial charge in [-0.15, -0.1) is 0 Å². The summed E-state index contributed by atoms with van der Waals surface area (Å²) < 4.78 is 15.5. The van der Waals surface area contributed by atoms with E-state index < -0.39 is 17.9 Å². The van der Waals surface area contributed by atoms with E-state index in [4.69, 9.17) is 14.2 Å². The molecule has 6 heteroatoms. The maximum Gasteiger partial charge on any atom is 0.335 e. The van der Waals surface area contributed by atoms with E-state index in [1.165, 1.54) is 6.07 Å². The normalized spacial score (nSPS) is 12.9. The highest BCUT2D eigenvalue weighted by Crippen LogP contribution is 2.33. The van der Waals surface area contributed by atoms with Gasteiger partial charge in [0.2, 0.25) is 0 Å². The van der Waals surface area contributed by atoms with Gasteiger partial charge in [0.25, 0.3) is 0 Å². The number of benzene rings is 1. The second-order valence-corrected chi connectivity index (χ2v) is 5.96. The molecule has 148 valence electrons. The van der Waals surface area contributed by atoms with E-state index in [0.717, 1.165) is 29.4 Å². The monoisotopic (exact) mass is 392 g/mol. The van der Waals surface area contributed by atoms with Crippen molar-refractivity contribution in [3.8, 4) is 11.5 Å². The van der Waals surface area contributed by atoms with Crippen molar-refractivity contribution in [1.29, 1.82) is 0 Å². The van der Waals surface area contributed by atoms with Gasteiger partial charge < -0.3 is 14.2 Å². The molecule has 0 radical (unpaired) electrons. The van der Waals surface area contributed by atoms with Crippen LogP contribution < -0.4 is 9.47 Å². The van der Waals surface area contributed by atoms with Crippen LogP contribution in [0.2, 0.25) is 0 Å². The first kappa shape index (κ1) is 21.4. The van der Waals surface area contributed by atoms with Crippen LogP contribution in [0, 0.1) is 0 Å². The molecule has 0 amide bonds. The highest BCUT2D eigenvalue weighted by atomic mass is 16.6. The average Bonchev–Trinajstić information content (AvgIpc) is 2.89. The lowest BCUT2D eigenvalue weighted by Gasteiger charge is -2.11. The summed E-state index contributed by atoms with van der Waals surface area (Å²) in [6.45, 7) is 12.0. The molecule has 0 saturated heterocycles. The largest absolute Gasteiger partial charge is 0.428 e. The van der Waals surface area contributed by atoms with E-state index >= 15 is 0 Å². The lowest BCUT2D eigenvalue weighted by atomic mass is 10.0. The molecule has 0 fully saturated rings. The standard InChI is InChI=1S/C23H20O6/c1-5-21(24)27-18-10-8-16(12-15(4)13-18)17-9-11-19(28-22(25)6-2)20(14-17)29-23(26)7-3/h5-12,14H,1-3,13H2,4H3. The van der Waals surface area contributed by atoms with E-state index in [1.54, 1.807) is 24.3 Å². The molecule has 0 saturated carbocycles. The number of allylic oxidation sites excluding steroid dienone is 5. The Bertz CT molecular complexity index is 975. The Morgan fingerprint density at radius 2 is 1.45 bits per heavy atom. The van der Waals surface area contributed by atoms with Gasteiger partial charge in [-0.2, -0.15) is 0 Å². The van der Waals surface area contributed by atoms with Crippen LogP contribution in [0.25, 0.3) is 5.57 Å². The van der Waals surface area contributed by atoms with E-state index in [1.807, 2.05) is 13.0 Å². The van der Waals surface area contributed by atoms with Crippen LogP contribution in [0.15, 0.2) is 85.7 Å². The predicted molar refractivity (Wildman–Crippen MR) is 109 cm³/mol. The van der Waals surface area contributed by atoms with Crippen LogP contribution in [-0.4, -0.2) is 17.9 Å². The lowest BCUT2D eigenvalue weighted by Crippen LogP contribution is -2.08. The fraction of sp³-hybridized carbons (Fsp3) is 0.0870. The molecule has 0 heterocycles. The minimum atomic E-state index is -0.696. The van der Waals surface area contributed by atoms with Crippen LogP contribution in [0.5, 0.6) is 11.5 Å². The molecule has 6 nitrogen and oxygen atoms in total. The molecule has 0 N–H and O–H groups in total. The third-order valence-corrected chi connectivity index (χ3v) is 3.73. The zero-order chi connectivity index (χ0) is 21.4. The molecule has 1 aromatic carbocycles. The van der Waals surface area contributed by atoms with Crippen LogP contribution in [-0.2, 0) is 19.1 Å². The second kappa shape index (κ2) is 9.85. The Morgan fingerprint density at radius 3 is 2.07 bits per heavy atom. The van der Waals surface area contributed by atoms with Crippen molar-refractivity contribution in [2.45, 2.75) is 13.3 Å². The van der Waals surface area contributed by atoms with Gasteiger partial charge in [0.1, 0.15) is 5.76 Å². The molecule has 1 aliphatic rings. The highest BCUT2D eigenvalue weighted by molar-refractivity contribution is 5.87. The Balaban J connectivity index is 2.44. The molecule has 0 aliphatic heterocycles. The smallest absolute Gasteiger partial charge is 0.335 e. The van der Waals surface area contributed by atoms with Gasteiger partial charge in [-0.25, -0.2) is 14.4 Å². The molecule has 2 rings (SSSR count). The fourth-order valence-corrected chi connectivity index (χ4v) is 2.45. The van der Waals surface area contributed by atoms with Gasteiger partial charge >= 0.3 is 17.9 Å². The molecule has 0 bridgehead atoms. The summed E-state index contributed by atoms with van der Waals surface area (Å²) in [7, 11) is 0. The lowest BCUT2D eigenvalue weighted by molar-refractivity contribution is -0.134. The van der Waals surface area contributed by atoms with Gasteiger partial charge in [0, 0.05) is 24.6 Å². The summed E-state index contributed by atoms with van der Waals surface area (Å²) in [4.78, 5) is 34.6. The first-order valence-corrected chi connectivity index (χ1v) is 8.61. The number of hydrogen-bond donors (Lipinski definition) is 0. The van der Waals surface area contributed by atoms with Gasteiger partial charge in [-0.3, -0.25) is 0 Å². The topological polar surface area (TPSA) is 78.9 Å². The zero-order valence-corrected chi connectivity index (χ0v) is 16.0. The summed E-state index contributed by atoms with van der Waals surface area (Å²) in [6.07, 6.45) is 8.92. The summed E-state index contributed by atoms with van der Waals surface area (Å²) in [5.41, 5.74) is 2.43. The maximum absolute atomic E-state index is 11.7. The third kappa shape index (κ3) is 6.04. The van der Waals surface area contributed by atoms with E-state index in [-0.39, 0.29) is 11.5 Å². The Kier molecular flexibility index (Phi) is 7.26. The van der Waals surface area contributed by atoms with Crippen LogP contribution >= 0.6 is 0 Å². The van der Waals surface area contributed by atoms with Crippen LogP contribution in [0.1, 0.15) is 18.9 Å². The molecule has 0 atom stereocenters. The molecule has 29 heavy (non-hydrogen) atoms. The number of carbonyl (C=O) groups is 3. The van der Waals surface area contributed by atoms with Crippen molar-refractivity contribution in [2.24, 2.45) is 0 Å². The first-order valence-electron chi connectivity index (χ1n) is 8.61. The van der Waals surface area contributed by atoms with Gasteiger partial charge in [-0.1, -0.05) is 43.5 Å². The zero-order valence-electron chi connectivity index (χ0n) is 16.0. The number of ether oxygens (including phenoxy) is 3. The Hall–Kier alpha value is -3.93. The van der Waals surface area contributed by atoms with Crippen molar-refractivity contribution >= 4 is 23.5 Å². The summed E-state index contributed by atoms with van der Waals surface area (Å²) in [6, 6.07) is 4.79. The summed E-state index contributed by atoms with van der Waals surface area (Å²) in [5.74, 6) is -1.31. The van der Waals surface area contributed by atoms with Crippen molar-refractivity contribution in [1.82, 2.24) is 0 Å². The van der Waals surface area contributed by atoms with Gasteiger partial charge in [0.15, 0.2) is 11.5 Å². The SMILES string of the molecule is C=CC(=O)OC1=CC=C(c2ccc(OC(=O)C=C)c(OC(=O)C=C)c2)C=C(C)C1. The predicted octanol–water partition coefficient (Wildman–Crippen LogP) is 4.22. The van der Waals surface area contributed by atoms with E-state index in [2.05, 4.69) is 19.7 Å². The Morgan fingerprint density at radius 1 is 0.862 bits per heavy atom. The third-order valence-electron chi connectivity index (χ3n) is 3.73. The minimum Gasteiger partial charge on any atom is -0.428 e. The van der Waals surface area contributed by atoms with Crippen molar-refractivity contribution in [3.63, 3.8) is 0 Å². The number of rotatable bonds is 7. The number of carbonyl (C=O) groups excluding carboxylic acids is 3. The maximum atomic E-state index is 11.7. The molecule has 0 aromatic heterocycles. The Labute approximate surface area is 168 Å². The molecular formula is C23H20O6. The molecule has 1 aromatic rings. The average molecular weight is 392 g/mol. The molecule has 0 unspecified atom stereocenters. The minimum absolute atomic E-state index is 0.0566. The number of esters is 3. The molecule has 1 aliphatic carbocycles. The van der Waals surface area contributed by atoms with E-state index in [9.17, 15) is 14.4 Å². The van der Waals surface area contributed by atoms with Crippen molar-refractivity contribution in [3.05, 3.63) is 91.3 Å². The highest BCUT2D eigenvalue weighted by Gasteiger charge is 2.15. The molecular weight excluding hydrogens is 372 g/mol. The van der Waals surface area contributed by atoms with E-state index in [0.29, 0.717) is 17.7 Å². The van der Waals surface area contributed by atoms with Crippen molar-refractivity contribution in [2.75, 3.05) is 0 Å². The molecule has 0 spiro atoms. The fourth-order valence-electron chi connectivity index (χ4n) is 2.45. The van der Waals surface area contributed by atoms with Crippen molar-refractivity contribution < 1.29 is 28.6 Å².